The first-order valence-corrected chi connectivity index (χ1v) is 6.45. The number of nitrogens with zero attached hydrogens (tertiary/aromatic N) is 1. The van der Waals surface area contributed by atoms with Gasteiger partial charge in [-0.25, -0.2) is 0 Å². The summed E-state index contributed by atoms with van der Waals surface area (Å²) in [5.41, 5.74) is 1.12. The molecule has 0 fully saturated rings. The molecule has 1 heterocycles. The van der Waals surface area contributed by atoms with Gasteiger partial charge in [0.25, 0.3) is 0 Å². The molecule has 2 unspecified atom stereocenters. The largest absolute Gasteiger partial charge is 0.465 e. The van der Waals surface area contributed by atoms with Gasteiger partial charge in [0.2, 0.25) is 0 Å². The van der Waals surface area contributed by atoms with Crippen molar-refractivity contribution in [1.29, 1.82) is 5.26 Å². The van der Waals surface area contributed by atoms with Crippen LogP contribution < -0.4 is 5.32 Å². The van der Waals surface area contributed by atoms with Crippen LogP contribution in [0, 0.1) is 18.3 Å². The zero-order chi connectivity index (χ0) is 13.7. The lowest BCUT2D eigenvalue weighted by atomic mass is 10.0. The topological polar surface area (TPSA) is 49.0 Å². The minimum atomic E-state index is 0.0200. The molecule has 0 aliphatic rings. The van der Waals surface area contributed by atoms with Gasteiger partial charge in [-0.15, -0.1) is 0 Å². The van der Waals surface area contributed by atoms with E-state index < -0.39 is 0 Å². The molecule has 0 spiro atoms. The van der Waals surface area contributed by atoms with Crippen LogP contribution in [0.2, 0.25) is 0 Å². The van der Waals surface area contributed by atoms with Crippen LogP contribution in [0.1, 0.15) is 42.5 Å². The Bertz CT molecular complexity index is 554. The van der Waals surface area contributed by atoms with E-state index >= 15 is 0 Å². The molecule has 0 bridgehead atoms. The average Bonchev–Trinajstić information content (AvgIpc) is 2.86. The van der Waals surface area contributed by atoms with Gasteiger partial charge in [-0.1, -0.05) is 30.3 Å². The Morgan fingerprint density at radius 2 is 1.95 bits per heavy atom. The molecule has 2 rings (SSSR count). The summed E-state index contributed by atoms with van der Waals surface area (Å²) in [6.45, 7) is 3.98. The fourth-order valence-electron chi connectivity index (χ4n) is 2.12. The van der Waals surface area contributed by atoms with Crippen LogP contribution in [0.5, 0.6) is 0 Å². The molecule has 1 aromatic carbocycles. The third-order valence-electron chi connectivity index (χ3n) is 3.14. The molecular formula is C16H18N2O. The summed E-state index contributed by atoms with van der Waals surface area (Å²) in [5, 5.41) is 12.4. The van der Waals surface area contributed by atoms with Gasteiger partial charge in [-0.2, -0.15) is 5.26 Å². The van der Waals surface area contributed by atoms with Gasteiger partial charge in [0.15, 0.2) is 0 Å². The summed E-state index contributed by atoms with van der Waals surface area (Å²) in [5.74, 6) is 1.80. The van der Waals surface area contributed by atoms with Gasteiger partial charge >= 0.3 is 0 Å². The number of aryl methyl sites for hydroxylation is 1. The van der Waals surface area contributed by atoms with E-state index in [1.807, 2.05) is 56.3 Å². The van der Waals surface area contributed by atoms with Gasteiger partial charge in [0.05, 0.1) is 18.5 Å². The number of nitriles is 1. The molecule has 1 aromatic heterocycles. The van der Waals surface area contributed by atoms with Gasteiger partial charge in [-0.3, -0.25) is 5.32 Å². The Labute approximate surface area is 113 Å². The van der Waals surface area contributed by atoms with Crippen LogP contribution in [0.15, 0.2) is 46.9 Å². The highest BCUT2D eigenvalue weighted by atomic mass is 16.3. The van der Waals surface area contributed by atoms with E-state index in [1.54, 1.807) is 0 Å². The van der Waals surface area contributed by atoms with Gasteiger partial charge in [0.1, 0.15) is 11.5 Å². The van der Waals surface area contributed by atoms with Crippen molar-refractivity contribution in [2.24, 2.45) is 0 Å². The van der Waals surface area contributed by atoms with E-state index in [0.717, 1.165) is 17.1 Å². The van der Waals surface area contributed by atoms with Gasteiger partial charge in [-0.05, 0) is 31.5 Å². The van der Waals surface area contributed by atoms with E-state index in [9.17, 15) is 0 Å². The van der Waals surface area contributed by atoms with Crippen molar-refractivity contribution in [3.63, 3.8) is 0 Å². The van der Waals surface area contributed by atoms with Crippen molar-refractivity contribution in [2.45, 2.75) is 32.4 Å². The minimum Gasteiger partial charge on any atom is -0.465 e. The van der Waals surface area contributed by atoms with Crippen LogP contribution in [-0.4, -0.2) is 0 Å². The molecule has 3 nitrogen and oxygen atoms in total. The van der Waals surface area contributed by atoms with E-state index in [2.05, 4.69) is 11.4 Å². The lowest BCUT2D eigenvalue weighted by Gasteiger charge is -2.20. The quantitative estimate of drug-likeness (QED) is 0.880. The van der Waals surface area contributed by atoms with E-state index in [-0.39, 0.29) is 12.1 Å². The highest BCUT2D eigenvalue weighted by molar-refractivity contribution is 5.21. The second-order valence-corrected chi connectivity index (χ2v) is 4.66. The fourth-order valence-corrected chi connectivity index (χ4v) is 2.12. The highest BCUT2D eigenvalue weighted by Gasteiger charge is 2.16. The van der Waals surface area contributed by atoms with Crippen LogP contribution >= 0.6 is 0 Å². The first-order valence-electron chi connectivity index (χ1n) is 6.45. The van der Waals surface area contributed by atoms with Crippen molar-refractivity contribution in [3.05, 3.63) is 59.5 Å². The first kappa shape index (κ1) is 13.4. The molecule has 0 amide bonds. The van der Waals surface area contributed by atoms with Crippen LogP contribution in [0.3, 0.4) is 0 Å². The summed E-state index contributed by atoms with van der Waals surface area (Å²) >= 11 is 0. The second-order valence-electron chi connectivity index (χ2n) is 4.66. The second kappa shape index (κ2) is 6.21. The molecule has 3 heteroatoms. The standard InChI is InChI=1S/C16H18N2O/c1-12-8-9-16(19-12)13(2)18-15(10-11-17)14-6-4-3-5-7-14/h3-9,13,15,18H,10H2,1-2H3. The summed E-state index contributed by atoms with van der Waals surface area (Å²) in [6.07, 6.45) is 0.439. The fraction of sp³-hybridized carbons (Fsp3) is 0.312. The molecule has 0 saturated carbocycles. The molecular weight excluding hydrogens is 236 g/mol. The van der Waals surface area contributed by atoms with Crippen molar-refractivity contribution in [1.82, 2.24) is 5.32 Å². The molecule has 2 atom stereocenters. The Morgan fingerprint density at radius 3 is 2.53 bits per heavy atom. The van der Waals surface area contributed by atoms with E-state index in [4.69, 9.17) is 9.68 Å². The Hall–Kier alpha value is -2.05. The molecule has 0 aliphatic heterocycles. The van der Waals surface area contributed by atoms with Crippen molar-refractivity contribution in [2.75, 3.05) is 0 Å². The number of rotatable bonds is 5. The van der Waals surface area contributed by atoms with Crippen LogP contribution in [-0.2, 0) is 0 Å². The number of furan rings is 1. The number of benzene rings is 1. The Morgan fingerprint density at radius 1 is 1.21 bits per heavy atom. The van der Waals surface area contributed by atoms with Gasteiger partial charge in [0, 0.05) is 6.04 Å². The van der Waals surface area contributed by atoms with Crippen molar-refractivity contribution in [3.8, 4) is 6.07 Å². The van der Waals surface area contributed by atoms with E-state index in [0.29, 0.717) is 6.42 Å². The Balaban J connectivity index is 2.11. The molecule has 0 saturated heterocycles. The number of nitrogens with one attached hydrogen (secondary N) is 1. The zero-order valence-corrected chi connectivity index (χ0v) is 11.3. The maximum Gasteiger partial charge on any atom is 0.120 e. The number of hydrogen-bond donors (Lipinski definition) is 1. The summed E-state index contributed by atoms with van der Waals surface area (Å²) in [6, 6.07) is 16.3. The van der Waals surface area contributed by atoms with E-state index in [1.165, 1.54) is 0 Å². The predicted molar refractivity (Wildman–Crippen MR) is 74.4 cm³/mol. The Kier molecular flexibility index (Phi) is 4.38. The van der Waals surface area contributed by atoms with Crippen molar-refractivity contribution < 1.29 is 4.42 Å². The maximum atomic E-state index is 8.97. The lowest BCUT2D eigenvalue weighted by molar-refractivity contribution is 0.384. The molecule has 2 aromatic rings. The summed E-state index contributed by atoms with van der Waals surface area (Å²) in [7, 11) is 0. The molecule has 98 valence electrons. The predicted octanol–water partition coefficient (Wildman–Crippen LogP) is 3.89. The molecule has 0 aliphatic carbocycles. The normalized spacial score (nSPS) is 13.7. The third kappa shape index (κ3) is 3.46. The molecule has 1 N–H and O–H groups in total. The van der Waals surface area contributed by atoms with Gasteiger partial charge < -0.3 is 4.42 Å². The summed E-state index contributed by atoms with van der Waals surface area (Å²) < 4.78 is 5.61. The zero-order valence-electron chi connectivity index (χ0n) is 11.3. The monoisotopic (exact) mass is 254 g/mol. The summed E-state index contributed by atoms with van der Waals surface area (Å²) in [4.78, 5) is 0. The molecule has 19 heavy (non-hydrogen) atoms. The third-order valence-corrected chi connectivity index (χ3v) is 3.14. The highest BCUT2D eigenvalue weighted by Crippen LogP contribution is 2.23. The minimum absolute atomic E-state index is 0.0200. The maximum absolute atomic E-state index is 8.97. The lowest BCUT2D eigenvalue weighted by Crippen LogP contribution is -2.24. The van der Waals surface area contributed by atoms with Crippen LogP contribution in [0.4, 0.5) is 0 Å². The smallest absolute Gasteiger partial charge is 0.120 e. The number of hydrogen-bond acceptors (Lipinski definition) is 3. The first-order chi connectivity index (χ1) is 9.20. The van der Waals surface area contributed by atoms with Crippen LogP contribution in [0.25, 0.3) is 0 Å². The van der Waals surface area contributed by atoms with Crippen molar-refractivity contribution >= 4 is 0 Å². The average molecular weight is 254 g/mol. The molecule has 0 radical (unpaired) electrons. The SMILES string of the molecule is Cc1ccc(C(C)NC(CC#N)c2ccccc2)o1.